The molecule has 2 amide bonds. The molecule has 2 N–H and O–H groups in total. The molecule has 1 heterocycles. The summed E-state index contributed by atoms with van der Waals surface area (Å²) in [6, 6.07) is 0.434. The van der Waals surface area contributed by atoms with Crippen molar-refractivity contribution in [1.82, 2.24) is 15.1 Å². The van der Waals surface area contributed by atoms with Crippen LogP contribution in [0.3, 0.4) is 0 Å². The van der Waals surface area contributed by atoms with E-state index in [1.165, 1.54) is 19.3 Å². The molecule has 0 bridgehead atoms. The van der Waals surface area contributed by atoms with Gasteiger partial charge in [0.1, 0.15) is 0 Å². The smallest absolute Gasteiger partial charge is 0.234 e. The van der Waals surface area contributed by atoms with E-state index in [1.807, 2.05) is 4.90 Å². The zero-order valence-electron chi connectivity index (χ0n) is 14.1. The maximum absolute atomic E-state index is 12.1. The number of carbonyl (C=O) groups is 2. The van der Waals surface area contributed by atoms with E-state index in [1.54, 1.807) is 0 Å². The van der Waals surface area contributed by atoms with Gasteiger partial charge in [0.2, 0.25) is 11.8 Å². The number of likely N-dealkylation sites (tertiary alicyclic amines) is 1. The lowest BCUT2D eigenvalue weighted by atomic mass is 9.94. The second-order valence-corrected chi connectivity index (χ2v) is 6.67. The Morgan fingerprint density at radius 2 is 2.04 bits per heavy atom. The standard InChI is InChI=1S/C17H31N3O3/c21-13-12-20(15-6-2-1-3-7-15)14-16(22)18-9-5-11-19-10-4-8-17(19)23/h15,21H,1-14H2,(H,18,22). The molecule has 0 unspecified atom stereocenters. The largest absolute Gasteiger partial charge is 0.395 e. The number of aliphatic hydroxyl groups excluding tert-OH is 1. The number of carbonyl (C=O) groups excluding carboxylic acids is 2. The van der Waals surface area contributed by atoms with Crippen LogP contribution in [0, 0.1) is 0 Å². The molecule has 23 heavy (non-hydrogen) atoms. The molecule has 0 radical (unpaired) electrons. The summed E-state index contributed by atoms with van der Waals surface area (Å²) in [6.45, 7) is 3.25. The molecule has 2 aliphatic rings. The van der Waals surface area contributed by atoms with Gasteiger partial charge in [-0.3, -0.25) is 14.5 Å². The van der Waals surface area contributed by atoms with Crippen molar-refractivity contribution < 1.29 is 14.7 Å². The fourth-order valence-corrected chi connectivity index (χ4v) is 3.64. The van der Waals surface area contributed by atoms with E-state index in [-0.39, 0.29) is 18.4 Å². The summed E-state index contributed by atoms with van der Waals surface area (Å²) >= 11 is 0. The highest BCUT2D eigenvalue weighted by Gasteiger charge is 2.23. The molecule has 0 spiro atoms. The van der Waals surface area contributed by atoms with Crippen LogP contribution in [0.15, 0.2) is 0 Å². The Kier molecular flexibility index (Phi) is 7.82. The summed E-state index contributed by atoms with van der Waals surface area (Å²) < 4.78 is 0. The lowest BCUT2D eigenvalue weighted by Crippen LogP contribution is -2.45. The molecule has 1 saturated carbocycles. The average molecular weight is 325 g/mol. The fourth-order valence-electron chi connectivity index (χ4n) is 3.64. The Hall–Kier alpha value is -1.14. The maximum atomic E-state index is 12.1. The van der Waals surface area contributed by atoms with Crippen LogP contribution in [-0.4, -0.2) is 72.1 Å². The molecule has 1 aliphatic heterocycles. The van der Waals surface area contributed by atoms with Crippen molar-refractivity contribution >= 4 is 11.8 Å². The third kappa shape index (κ3) is 6.11. The highest BCUT2D eigenvalue weighted by atomic mass is 16.3. The Labute approximate surface area is 139 Å². The van der Waals surface area contributed by atoms with Crippen molar-refractivity contribution in [2.45, 2.75) is 57.4 Å². The zero-order chi connectivity index (χ0) is 16.5. The van der Waals surface area contributed by atoms with E-state index in [0.29, 0.717) is 32.1 Å². The van der Waals surface area contributed by atoms with Gasteiger partial charge in [-0.15, -0.1) is 0 Å². The van der Waals surface area contributed by atoms with Crippen LogP contribution in [-0.2, 0) is 9.59 Å². The van der Waals surface area contributed by atoms with Crippen LogP contribution >= 0.6 is 0 Å². The molecule has 132 valence electrons. The molecular weight excluding hydrogens is 294 g/mol. The third-order valence-electron chi connectivity index (χ3n) is 4.92. The molecule has 1 aliphatic carbocycles. The number of hydrogen-bond acceptors (Lipinski definition) is 4. The summed E-state index contributed by atoms with van der Waals surface area (Å²) in [4.78, 5) is 27.6. The molecule has 2 rings (SSSR count). The Morgan fingerprint density at radius 1 is 1.26 bits per heavy atom. The third-order valence-corrected chi connectivity index (χ3v) is 4.92. The first kappa shape index (κ1) is 18.2. The minimum atomic E-state index is 0.0248. The first-order chi connectivity index (χ1) is 11.2. The number of rotatable bonds is 9. The summed E-state index contributed by atoms with van der Waals surface area (Å²) in [5, 5.41) is 12.2. The minimum absolute atomic E-state index is 0.0248. The number of aliphatic hydroxyl groups is 1. The number of nitrogens with one attached hydrogen (secondary N) is 1. The van der Waals surface area contributed by atoms with Crippen molar-refractivity contribution in [2.24, 2.45) is 0 Å². The topological polar surface area (TPSA) is 72.9 Å². The molecule has 0 aromatic rings. The monoisotopic (exact) mass is 325 g/mol. The van der Waals surface area contributed by atoms with Crippen molar-refractivity contribution in [3.05, 3.63) is 0 Å². The van der Waals surface area contributed by atoms with E-state index in [0.717, 1.165) is 38.8 Å². The summed E-state index contributed by atoms with van der Waals surface area (Å²) in [5.41, 5.74) is 0. The van der Waals surface area contributed by atoms with Crippen molar-refractivity contribution in [2.75, 3.05) is 39.3 Å². The molecule has 0 atom stereocenters. The highest BCUT2D eigenvalue weighted by molar-refractivity contribution is 5.78. The molecule has 0 aromatic heterocycles. The Balaban J connectivity index is 1.64. The first-order valence-corrected chi connectivity index (χ1v) is 9.10. The summed E-state index contributed by atoms with van der Waals surface area (Å²) in [7, 11) is 0. The van der Waals surface area contributed by atoms with Gasteiger partial charge in [-0.1, -0.05) is 19.3 Å². The van der Waals surface area contributed by atoms with Crippen LogP contribution in [0.5, 0.6) is 0 Å². The zero-order valence-corrected chi connectivity index (χ0v) is 14.1. The van der Waals surface area contributed by atoms with Gasteiger partial charge >= 0.3 is 0 Å². The lowest BCUT2D eigenvalue weighted by molar-refractivity contribution is -0.127. The predicted octanol–water partition coefficient (Wildman–Crippen LogP) is 0.742. The molecule has 6 heteroatoms. The van der Waals surface area contributed by atoms with Crippen LogP contribution in [0.25, 0.3) is 0 Å². The van der Waals surface area contributed by atoms with Crippen molar-refractivity contribution in [3.8, 4) is 0 Å². The fraction of sp³-hybridized carbons (Fsp3) is 0.882. The Morgan fingerprint density at radius 3 is 2.70 bits per heavy atom. The van der Waals surface area contributed by atoms with E-state index in [2.05, 4.69) is 10.2 Å². The van der Waals surface area contributed by atoms with Gasteiger partial charge in [-0.05, 0) is 25.7 Å². The van der Waals surface area contributed by atoms with Crippen LogP contribution < -0.4 is 5.32 Å². The van der Waals surface area contributed by atoms with Gasteiger partial charge in [-0.2, -0.15) is 0 Å². The normalized spacial score (nSPS) is 19.6. The van der Waals surface area contributed by atoms with Gasteiger partial charge in [0.15, 0.2) is 0 Å². The lowest BCUT2D eigenvalue weighted by Gasteiger charge is -2.33. The van der Waals surface area contributed by atoms with Crippen LogP contribution in [0.2, 0.25) is 0 Å². The van der Waals surface area contributed by atoms with Gasteiger partial charge in [0.05, 0.1) is 13.2 Å². The van der Waals surface area contributed by atoms with E-state index >= 15 is 0 Å². The SMILES string of the molecule is O=C(CN(CCO)C1CCCCC1)NCCCN1CCCC1=O. The molecule has 1 saturated heterocycles. The quantitative estimate of drug-likeness (QED) is 0.613. The van der Waals surface area contributed by atoms with E-state index in [4.69, 9.17) is 0 Å². The van der Waals surface area contributed by atoms with E-state index < -0.39 is 0 Å². The molecule has 2 fully saturated rings. The van der Waals surface area contributed by atoms with Gasteiger partial charge < -0.3 is 15.3 Å². The second-order valence-electron chi connectivity index (χ2n) is 6.67. The van der Waals surface area contributed by atoms with Gasteiger partial charge in [0, 0.05) is 38.6 Å². The number of hydrogen-bond donors (Lipinski definition) is 2. The number of amides is 2. The first-order valence-electron chi connectivity index (χ1n) is 9.10. The van der Waals surface area contributed by atoms with Crippen LogP contribution in [0.4, 0.5) is 0 Å². The van der Waals surface area contributed by atoms with Crippen molar-refractivity contribution in [3.63, 3.8) is 0 Å². The van der Waals surface area contributed by atoms with E-state index in [9.17, 15) is 14.7 Å². The average Bonchev–Trinajstić information content (AvgIpc) is 2.97. The Bertz CT molecular complexity index is 383. The summed E-state index contributed by atoms with van der Waals surface area (Å²) in [5.74, 6) is 0.263. The van der Waals surface area contributed by atoms with Gasteiger partial charge in [-0.25, -0.2) is 0 Å². The molecule has 6 nitrogen and oxygen atoms in total. The van der Waals surface area contributed by atoms with Gasteiger partial charge in [0.25, 0.3) is 0 Å². The summed E-state index contributed by atoms with van der Waals surface area (Å²) in [6.07, 6.45) is 8.42. The second kappa shape index (κ2) is 9.88. The van der Waals surface area contributed by atoms with Crippen molar-refractivity contribution in [1.29, 1.82) is 0 Å². The molecule has 0 aromatic carbocycles. The molecular formula is C17H31N3O3. The minimum Gasteiger partial charge on any atom is -0.395 e. The highest BCUT2D eigenvalue weighted by Crippen LogP contribution is 2.22. The maximum Gasteiger partial charge on any atom is 0.234 e. The van der Waals surface area contributed by atoms with Crippen LogP contribution in [0.1, 0.15) is 51.4 Å². The predicted molar refractivity (Wildman–Crippen MR) is 89.0 cm³/mol. The number of nitrogens with zero attached hydrogens (tertiary/aromatic N) is 2.